The van der Waals surface area contributed by atoms with E-state index in [0.29, 0.717) is 19.5 Å². The first kappa shape index (κ1) is 14.7. The van der Waals surface area contributed by atoms with Gasteiger partial charge in [-0.1, -0.05) is 30.4 Å². The molecule has 1 aromatic heterocycles. The number of aromatic amines is 1. The van der Waals surface area contributed by atoms with Crippen molar-refractivity contribution >= 4 is 22.8 Å². The van der Waals surface area contributed by atoms with Gasteiger partial charge >= 0.3 is 0 Å². The monoisotopic (exact) mass is 337 g/mol. The highest BCUT2D eigenvalue weighted by Gasteiger charge is 2.65. The van der Waals surface area contributed by atoms with Crippen molar-refractivity contribution in [1.29, 1.82) is 0 Å². The minimum atomic E-state index is -1.20. The number of nitrogens with zero attached hydrogens (tertiary/aromatic N) is 1. The molecule has 0 radical (unpaired) electrons. The van der Waals surface area contributed by atoms with Crippen LogP contribution in [0.15, 0.2) is 42.6 Å². The summed E-state index contributed by atoms with van der Waals surface area (Å²) in [6.45, 7) is 0.955. The number of benzene rings is 1. The highest BCUT2D eigenvalue weighted by atomic mass is 16.5. The number of carboxylic acids is 1. The minimum absolute atomic E-state index is 0.138. The predicted molar refractivity (Wildman–Crippen MR) is 87.3 cm³/mol. The van der Waals surface area contributed by atoms with Gasteiger partial charge in [0.25, 0.3) is 0 Å². The van der Waals surface area contributed by atoms with Crippen LogP contribution in [0.25, 0.3) is 10.9 Å². The van der Waals surface area contributed by atoms with E-state index in [9.17, 15) is 14.7 Å². The Morgan fingerprint density at radius 1 is 1.40 bits per heavy atom. The first-order valence-electron chi connectivity index (χ1n) is 8.51. The van der Waals surface area contributed by atoms with Gasteiger partial charge in [-0.05, 0) is 18.1 Å². The van der Waals surface area contributed by atoms with Crippen molar-refractivity contribution in [2.45, 2.75) is 18.1 Å². The van der Waals surface area contributed by atoms with Crippen LogP contribution in [0.5, 0.6) is 0 Å². The summed E-state index contributed by atoms with van der Waals surface area (Å²) >= 11 is 0. The molecule has 1 amide bonds. The smallest absolute Gasteiger partial charge is 0.229 e. The Balaban J connectivity index is 1.37. The van der Waals surface area contributed by atoms with E-state index in [1.165, 1.54) is 0 Å². The number of carbonyl (C=O) groups excluding carboxylic acids is 2. The van der Waals surface area contributed by atoms with Crippen LogP contribution in [-0.2, 0) is 20.7 Å². The zero-order valence-corrected chi connectivity index (χ0v) is 13.5. The third-order valence-electron chi connectivity index (χ3n) is 5.78. The Bertz CT molecular complexity index is 917. The van der Waals surface area contributed by atoms with Crippen LogP contribution in [0.1, 0.15) is 5.56 Å². The fraction of sp³-hybridized carbons (Fsp3) is 0.368. The van der Waals surface area contributed by atoms with Crippen LogP contribution in [-0.4, -0.2) is 46.6 Å². The lowest BCUT2D eigenvalue weighted by molar-refractivity contribution is -0.313. The van der Waals surface area contributed by atoms with Gasteiger partial charge < -0.3 is 24.5 Å². The van der Waals surface area contributed by atoms with Gasteiger partial charge in [0, 0.05) is 35.5 Å². The summed E-state index contributed by atoms with van der Waals surface area (Å²) in [6, 6.07) is 8.05. The lowest BCUT2D eigenvalue weighted by Gasteiger charge is -2.24. The molecule has 3 aliphatic rings. The topological polar surface area (TPSA) is 85.5 Å². The first-order valence-corrected chi connectivity index (χ1v) is 8.51. The molecule has 1 spiro atoms. The SMILES string of the molecule is O=C([O-])[C@H]1[C@H]2C=C[C@@]3(CN(CCc4c[nH]c5ccccc45)C(=O)[C@@H]13)O2. The molecule has 3 aliphatic heterocycles. The lowest BCUT2D eigenvalue weighted by Crippen LogP contribution is -2.45. The molecule has 0 aliphatic carbocycles. The van der Waals surface area contributed by atoms with Crippen LogP contribution in [0, 0.1) is 11.8 Å². The first-order chi connectivity index (χ1) is 12.1. The van der Waals surface area contributed by atoms with Crippen LogP contribution in [0.3, 0.4) is 0 Å². The average molecular weight is 337 g/mol. The fourth-order valence-electron chi connectivity index (χ4n) is 4.63. The maximum Gasteiger partial charge on any atom is 0.229 e. The molecule has 1 aromatic carbocycles. The lowest BCUT2D eigenvalue weighted by atomic mass is 9.77. The molecule has 6 heteroatoms. The van der Waals surface area contributed by atoms with Crippen molar-refractivity contribution in [3.63, 3.8) is 0 Å². The second kappa shape index (κ2) is 4.95. The molecule has 0 unspecified atom stereocenters. The predicted octanol–water partition coefficient (Wildman–Crippen LogP) is 0.242. The molecule has 1 N–H and O–H groups in total. The molecule has 2 saturated heterocycles. The molecule has 0 saturated carbocycles. The van der Waals surface area contributed by atoms with E-state index in [2.05, 4.69) is 11.1 Å². The van der Waals surface area contributed by atoms with Crippen molar-refractivity contribution in [1.82, 2.24) is 9.88 Å². The van der Waals surface area contributed by atoms with Crippen molar-refractivity contribution in [3.05, 3.63) is 48.2 Å². The Morgan fingerprint density at radius 3 is 3.08 bits per heavy atom. The van der Waals surface area contributed by atoms with Gasteiger partial charge in [0.05, 0.1) is 18.6 Å². The number of nitrogens with one attached hydrogen (secondary N) is 1. The molecule has 4 atom stereocenters. The van der Waals surface area contributed by atoms with E-state index >= 15 is 0 Å². The molecule has 6 nitrogen and oxygen atoms in total. The van der Waals surface area contributed by atoms with Gasteiger partial charge in [0.2, 0.25) is 5.91 Å². The number of ether oxygens (including phenoxy) is 1. The number of rotatable bonds is 4. The van der Waals surface area contributed by atoms with Gasteiger partial charge in [-0.15, -0.1) is 0 Å². The number of hydrogen-bond donors (Lipinski definition) is 1. The van der Waals surface area contributed by atoms with Gasteiger partial charge in [-0.25, -0.2) is 0 Å². The summed E-state index contributed by atoms with van der Waals surface area (Å²) in [5.74, 6) is -2.87. The van der Waals surface area contributed by atoms with Crippen LogP contribution < -0.4 is 5.11 Å². The zero-order valence-electron chi connectivity index (χ0n) is 13.5. The highest BCUT2D eigenvalue weighted by Crippen LogP contribution is 2.51. The van der Waals surface area contributed by atoms with Gasteiger partial charge in [-0.2, -0.15) is 0 Å². The van der Waals surface area contributed by atoms with Gasteiger partial charge in [-0.3, -0.25) is 4.79 Å². The number of aromatic nitrogens is 1. The number of fused-ring (bicyclic) bond motifs is 2. The molecule has 5 rings (SSSR count). The number of para-hydroxylation sites is 1. The van der Waals surface area contributed by atoms with E-state index in [1.807, 2.05) is 30.5 Å². The van der Waals surface area contributed by atoms with E-state index in [-0.39, 0.29) is 5.91 Å². The number of carbonyl (C=O) groups is 2. The number of aliphatic carboxylic acids is 1. The van der Waals surface area contributed by atoms with Gasteiger partial charge in [0.15, 0.2) is 0 Å². The molecule has 4 heterocycles. The summed E-state index contributed by atoms with van der Waals surface area (Å²) in [4.78, 5) is 29.3. The summed E-state index contributed by atoms with van der Waals surface area (Å²) in [7, 11) is 0. The Morgan fingerprint density at radius 2 is 2.24 bits per heavy atom. The second-order valence-electron chi connectivity index (χ2n) is 7.09. The number of carboxylic acid groups (broad SMARTS) is 1. The number of hydrogen-bond acceptors (Lipinski definition) is 4. The van der Waals surface area contributed by atoms with Crippen molar-refractivity contribution in [2.75, 3.05) is 13.1 Å². The summed E-state index contributed by atoms with van der Waals surface area (Å²) < 4.78 is 5.87. The minimum Gasteiger partial charge on any atom is -0.550 e. The van der Waals surface area contributed by atoms with E-state index in [0.717, 1.165) is 16.5 Å². The summed E-state index contributed by atoms with van der Waals surface area (Å²) in [5, 5.41) is 12.6. The van der Waals surface area contributed by atoms with Crippen LogP contribution >= 0.6 is 0 Å². The maximum atomic E-state index is 12.8. The van der Waals surface area contributed by atoms with Crippen molar-refractivity contribution in [3.8, 4) is 0 Å². The van der Waals surface area contributed by atoms with Gasteiger partial charge in [0.1, 0.15) is 5.60 Å². The molecule has 128 valence electrons. The number of H-pyrrole nitrogens is 1. The molecule has 2 bridgehead atoms. The van der Waals surface area contributed by atoms with E-state index in [1.54, 1.807) is 11.0 Å². The molecule has 2 aromatic rings. The average Bonchev–Trinajstić information content (AvgIpc) is 3.33. The van der Waals surface area contributed by atoms with Crippen LogP contribution in [0.4, 0.5) is 0 Å². The van der Waals surface area contributed by atoms with E-state index < -0.39 is 29.5 Å². The molecule has 25 heavy (non-hydrogen) atoms. The van der Waals surface area contributed by atoms with E-state index in [4.69, 9.17) is 4.74 Å². The zero-order chi connectivity index (χ0) is 17.2. The second-order valence-corrected chi connectivity index (χ2v) is 7.09. The Labute approximate surface area is 144 Å². The highest BCUT2D eigenvalue weighted by molar-refractivity contribution is 5.90. The fourth-order valence-corrected chi connectivity index (χ4v) is 4.63. The number of likely N-dealkylation sites (tertiary alicyclic amines) is 1. The standard InChI is InChI=1S/C19H18N2O4/c22-17-16-15(18(23)24)14-5-7-19(16,25-14)10-21(17)8-6-11-9-20-13-4-2-1-3-12(11)13/h1-5,7,9,14-16,20H,6,8,10H2,(H,23,24)/p-1/t14-,15+,16-,19+/m1/s1. The van der Waals surface area contributed by atoms with Crippen molar-refractivity contribution < 1.29 is 19.4 Å². The Kier molecular flexibility index (Phi) is 2.92. The maximum absolute atomic E-state index is 12.8. The normalized spacial score (nSPS) is 32.7. The quantitative estimate of drug-likeness (QED) is 0.810. The third kappa shape index (κ3) is 1.94. The van der Waals surface area contributed by atoms with Crippen LogP contribution in [0.2, 0.25) is 0 Å². The summed E-state index contributed by atoms with van der Waals surface area (Å²) in [5.41, 5.74) is 1.44. The molecular formula is C19H17N2O4-. The molecular weight excluding hydrogens is 320 g/mol. The van der Waals surface area contributed by atoms with Crippen molar-refractivity contribution in [2.24, 2.45) is 11.8 Å². The largest absolute Gasteiger partial charge is 0.550 e. The third-order valence-corrected chi connectivity index (χ3v) is 5.78. The Hall–Kier alpha value is -2.60. The summed E-state index contributed by atoms with van der Waals surface area (Å²) in [6.07, 6.45) is 5.77. The number of amides is 1. The molecule has 2 fully saturated rings.